The minimum atomic E-state index is -0.527. The summed E-state index contributed by atoms with van der Waals surface area (Å²) in [4.78, 5) is 0. The van der Waals surface area contributed by atoms with Gasteiger partial charge in [0.2, 0.25) is 0 Å². The van der Waals surface area contributed by atoms with E-state index in [0.29, 0.717) is 0 Å². The van der Waals surface area contributed by atoms with Gasteiger partial charge < -0.3 is 0 Å². The number of benzene rings is 8. The van der Waals surface area contributed by atoms with Crippen LogP contribution in [0.15, 0.2) is 206 Å². The molecule has 2 aliphatic carbocycles. The van der Waals surface area contributed by atoms with E-state index in [1.807, 2.05) is 0 Å². The van der Waals surface area contributed by atoms with E-state index in [0.717, 1.165) is 0 Å². The third-order valence-electron chi connectivity index (χ3n) is 12.0. The van der Waals surface area contributed by atoms with E-state index in [-0.39, 0.29) is 11.3 Å². The summed E-state index contributed by atoms with van der Waals surface area (Å²) in [5, 5.41) is 0. The quantitative estimate of drug-likeness (QED) is 0.172. The van der Waals surface area contributed by atoms with Gasteiger partial charge in [-0.15, -0.1) is 0 Å². The summed E-state index contributed by atoms with van der Waals surface area (Å²) < 4.78 is 0. The zero-order valence-electron chi connectivity index (χ0n) is 29.2. The van der Waals surface area contributed by atoms with Crippen LogP contribution >= 0.6 is 0 Å². The largest absolute Gasteiger partial charge is 0.0707 e. The van der Waals surface area contributed by atoms with Gasteiger partial charge in [0.1, 0.15) is 0 Å². The predicted molar refractivity (Wildman–Crippen MR) is 215 cm³/mol. The van der Waals surface area contributed by atoms with Gasteiger partial charge in [-0.25, -0.2) is 0 Å². The molecule has 0 amide bonds. The maximum atomic E-state index is 2.51. The molecule has 0 bridgehead atoms. The molecule has 246 valence electrons. The van der Waals surface area contributed by atoms with Crippen molar-refractivity contribution in [3.8, 4) is 22.3 Å². The summed E-state index contributed by atoms with van der Waals surface area (Å²) in [7, 11) is 0. The van der Waals surface area contributed by atoms with Crippen LogP contribution in [0.1, 0.15) is 68.5 Å². The molecule has 0 aliphatic heterocycles. The zero-order chi connectivity index (χ0) is 34.7. The maximum Gasteiger partial charge on any atom is 0.0707 e. The molecule has 0 N–H and O–H groups in total. The van der Waals surface area contributed by atoms with E-state index in [1.54, 1.807) is 0 Å². The molecule has 52 heavy (non-hydrogen) atoms. The minimum Gasteiger partial charge on any atom is -0.0622 e. The molecule has 0 spiro atoms. The number of hydrogen-bond acceptors (Lipinski definition) is 0. The van der Waals surface area contributed by atoms with Gasteiger partial charge in [-0.2, -0.15) is 0 Å². The van der Waals surface area contributed by atoms with Crippen molar-refractivity contribution in [3.63, 3.8) is 0 Å². The summed E-state index contributed by atoms with van der Waals surface area (Å²) >= 11 is 0. The summed E-state index contributed by atoms with van der Waals surface area (Å²) in [5.74, 6) is 0.0425. The number of rotatable bonds is 5. The fraction of sp³-hybridized carbons (Fsp3) is 0.0769. The molecular weight excluding hydrogens is 625 g/mol. The van der Waals surface area contributed by atoms with Crippen LogP contribution in [0.3, 0.4) is 0 Å². The molecule has 2 aliphatic rings. The molecule has 0 saturated heterocycles. The smallest absolute Gasteiger partial charge is 0.0622 e. The summed E-state index contributed by atoms with van der Waals surface area (Å²) in [6, 6.07) is 77.1. The van der Waals surface area contributed by atoms with E-state index in [4.69, 9.17) is 0 Å². The highest BCUT2D eigenvalue weighted by Gasteiger charge is 2.52. The molecule has 0 heterocycles. The normalized spacial score (nSPS) is 17.8. The van der Waals surface area contributed by atoms with Gasteiger partial charge in [0.25, 0.3) is 0 Å². The summed E-state index contributed by atoms with van der Waals surface area (Å²) in [6.45, 7) is 2.46. The first kappa shape index (κ1) is 30.6. The van der Waals surface area contributed by atoms with Gasteiger partial charge in [0, 0.05) is 11.3 Å². The highest BCUT2D eigenvalue weighted by Crippen LogP contribution is 2.62. The first-order chi connectivity index (χ1) is 25.7. The Morgan fingerprint density at radius 1 is 0.327 bits per heavy atom. The second kappa shape index (κ2) is 11.9. The SMILES string of the molecule is CC1(c2ccccc2)c2ccc(-c3ccccc3)cc2C2c3cc(-c4ccccc4)ccc3C(c3ccccc3)(c3ccccc3)c3cccc1c32. The average Bonchev–Trinajstić information content (AvgIpc) is 3.23. The Balaban J connectivity index is 1.39. The third-order valence-corrected chi connectivity index (χ3v) is 12.0. The van der Waals surface area contributed by atoms with Gasteiger partial charge in [-0.1, -0.05) is 194 Å². The Morgan fingerprint density at radius 3 is 1.27 bits per heavy atom. The molecule has 0 heteroatoms. The highest BCUT2D eigenvalue weighted by molar-refractivity contribution is 5.80. The van der Waals surface area contributed by atoms with Crippen molar-refractivity contribution < 1.29 is 0 Å². The van der Waals surface area contributed by atoms with Crippen LogP contribution in [0.5, 0.6) is 0 Å². The standard InChI is InChI=1S/C52H38/c1-51(40-22-11-4-12-23-40)45-32-30-38(36-18-7-2-8-19-36)34-43(45)49-44-35-39(37-20-9-3-10-21-37)31-33-46(44)52(41-24-13-5-14-25-41,42-26-15-6-16-27-42)48-29-17-28-47(51)50(48)49/h2-35,49H,1H3. The predicted octanol–water partition coefficient (Wildman–Crippen LogP) is 12.6. The fourth-order valence-electron chi connectivity index (χ4n) is 9.68. The van der Waals surface area contributed by atoms with Crippen molar-refractivity contribution in [1.29, 1.82) is 0 Å². The molecule has 2 atom stereocenters. The lowest BCUT2D eigenvalue weighted by Gasteiger charge is -2.51. The molecule has 8 aromatic rings. The van der Waals surface area contributed by atoms with Gasteiger partial charge in [0.15, 0.2) is 0 Å². The van der Waals surface area contributed by atoms with Crippen LogP contribution < -0.4 is 0 Å². The van der Waals surface area contributed by atoms with Gasteiger partial charge in [-0.3, -0.25) is 0 Å². The lowest BCUT2D eigenvalue weighted by Crippen LogP contribution is -2.42. The Hall–Kier alpha value is -6.24. The molecular formula is C52H38. The molecule has 0 nitrogen and oxygen atoms in total. The van der Waals surface area contributed by atoms with E-state index < -0.39 is 5.41 Å². The molecule has 0 radical (unpaired) electrons. The fourth-order valence-corrected chi connectivity index (χ4v) is 9.68. The molecule has 0 fully saturated rings. The number of hydrogen-bond donors (Lipinski definition) is 0. The summed E-state index contributed by atoms with van der Waals surface area (Å²) in [6.07, 6.45) is 0. The van der Waals surface area contributed by atoms with Crippen LogP contribution in [-0.4, -0.2) is 0 Å². The highest BCUT2D eigenvalue weighted by atomic mass is 14.5. The molecule has 0 aromatic heterocycles. The van der Waals surface area contributed by atoms with Gasteiger partial charge >= 0.3 is 0 Å². The lowest BCUT2D eigenvalue weighted by molar-refractivity contribution is 0.601. The molecule has 0 saturated carbocycles. The van der Waals surface area contributed by atoms with E-state index in [9.17, 15) is 0 Å². The lowest BCUT2D eigenvalue weighted by atomic mass is 9.51. The van der Waals surface area contributed by atoms with Crippen LogP contribution in [0.25, 0.3) is 22.3 Å². The van der Waals surface area contributed by atoms with Crippen LogP contribution in [0.4, 0.5) is 0 Å². The maximum absolute atomic E-state index is 2.51. The molecule has 2 unspecified atom stereocenters. The Labute approximate surface area is 306 Å². The third kappa shape index (κ3) is 4.34. The number of fused-ring (bicyclic) bond motifs is 4. The summed E-state index contributed by atoms with van der Waals surface area (Å²) in [5.41, 5.74) is 17.6. The van der Waals surface area contributed by atoms with E-state index in [2.05, 4.69) is 213 Å². The Bertz CT molecular complexity index is 2510. The van der Waals surface area contributed by atoms with E-state index in [1.165, 1.54) is 77.9 Å². The Morgan fingerprint density at radius 2 is 0.750 bits per heavy atom. The zero-order valence-corrected chi connectivity index (χ0v) is 29.2. The van der Waals surface area contributed by atoms with Crippen molar-refractivity contribution in [3.05, 3.63) is 262 Å². The topological polar surface area (TPSA) is 0 Å². The average molecular weight is 663 g/mol. The van der Waals surface area contributed by atoms with Gasteiger partial charge in [0.05, 0.1) is 5.41 Å². The first-order valence-electron chi connectivity index (χ1n) is 18.4. The second-order valence-electron chi connectivity index (χ2n) is 14.5. The van der Waals surface area contributed by atoms with Crippen LogP contribution in [-0.2, 0) is 10.8 Å². The van der Waals surface area contributed by atoms with Crippen molar-refractivity contribution in [2.45, 2.75) is 23.7 Å². The second-order valence-corrected chi connectivity index (χ2v) is 14.5. The van der Waals surface area contributed by atoms with Crippen molar-refractivity contribution in [1.82, 2.24) is 0 Å². The van der Waals surface area contributed by atoms with Gasteiger partial charge in [-0.05, 0) is 96.9 Å². The van der Waals surface area contributed by atoms with Crippen molar-refractivity contribution >= 4 is 0 Å². The minimum absolute atomic E-state index is 0.0425. The van der Waals surface area contributed by atoms with Crippen LogP contribution in [0, 0.1) is 0 Å². The van der Waals surface area contributed by atoms with E-state index >= 15 is 0 Å². The molecule has 8 aromatic carbocycles. The van der Waals surface area contributed by atoms with Crippen molar-refractivity contribution in [2.75, 3.05) is 0 Å². The Kier molecular flexibility index (Phi) is 7.01. The molecule has 10 rings (SSSR count). The monoisotopic (exact) mass is 662 g/mol. The first-order valence-corrected chi connectivity index (χ1v) is 18.4. The van der Waals surface area contributed by atoms with Crippen molar-refractivity contribution in [2.24, 2.45) is 0 Å². The van der Waals surface area contributed by atoms with Crippen LogP contribution in [0.2, 0.25) is 0 Å².